The van der Waals surface area contributed by atoms with Crippen LogP contribution in [0.4, 0.5) is 0 Å². The van der Waals surface area contributed by atoms with Gasteiger partial charge in [-0.05, 0) is 98.5 Å². The van der Waals surface area contributed by atoms with E-state index in [0.29, 0.717) is 47.0 Å². The number of carboxylic acids is 1. The van der Waals surface area contributed by atoms with Gasteiger partial charge < -0.3 is 19.7 Å². The van der Waals surface area contributed by atoms with Crippen molar-refractivity contribution in [1.29, 1.82) is 0 Å². The Labute approximate surface area is 286 Å². The average molecular weight is 675 g/mol. The highest BCUT2D eigenvalue weighted by Crippen LogP contribution is 2.34. The topological polar surface area (TPSA) is 93.5 Å². The summed E-state index contributed by atoms with van der Waals surface area (Å²) in [5.74, 6) is 1.25. The van der Waals surface area contributed by atoms with E-state index in [-0.39, 0.29) is 23.4 Å². The van der Waals surface area contributed by atoms with E-state index in [2.05, 4.69) is 22.9 Å². The normalized spacial score (nSPS) is 17.0. The van der Waals surface area contributed by atoms with Gasteiger partial charge >= 0.3 is 5.97 Å². The summed E-state index contributed by atoms with van der Waals surface area (Å²) in [6.45, 7) is 5.12. The number of carbonyl (C=O) groups is 2. The molecule has 1 atom stereocenters. The number of aromatic nitrogens is 2. The van der Waals surface area contributed by atoms with Gasteiger partial charge in [0.1, 0.15) is 18.2 Å². The molecule has 246 valence electrons. The molecule has 5 rings (SSSR count). The molecule has 1 aliphatic rings. The molecule has 0 saturated heterocycles. The van der Waals surface area contributed by atoms with Crippen LogP contribution >= 0.6 is 23.2 Å². The molecule has 1 amide bonds. The van der Waals surface area contributed by atoms with Crippen LogP contribution in [0.2, 0.25) is 10.0 Å². The molecule has 1 saturated carbocycles. The van der Waals surface area contributed by atoms with Gasteiger partial charge in [0.2, 0.25) is 5.91 Å². The first-order chi connectivity index (χ1) is 22.7. The number of imidazole rings is 1. The number of aromatic carboxylic acids is 1. The monoisotopic (exact) mass is 673 g/mol. The number of benzene rings is 3. The van der Waals surface area contributed by atoms with Crippen LogP contribution in [-0.2, 0) is 24.4 Å². The van der Waals surface area contributed by atoms with Crippen LogP contribution in [0.15, 0.2) is 85.1 Å². The van der Waals surface area contributed by atoms with Crippen LogP contribution in [0, 0.1) is 11.8 Å². The van der Waals surface area contributed by atoms with E-state index in [4.69, 9.17) is 38.0 Å². The van der Waals surface area contributed by atoms with Crippen molar-refractivity contribution < 1.29 is 19.4 Å². The van der Waals surface area contributed by atoms with Crippen molar-refractivity contribution in [2.75, 3.05) is 0 Å². The lowest BCUT2D eigenvalue weighted by Gasteiger charge is -2.29. The van der Waals surface area contributed by atoms with Crippen molar-refractivity contribution in [3.8, 4) is 17.0 Å². The molecule has 1 heterocycles. The van der Waals surface area contributed by atoms with Crippen LogP contribution in [0.3, 0.4) is 0 Å². The number of rotatable bonds is 13. The van der Waals surface area contributed by atoms with E-state index in [0.717, 1.165) is 54.6 Å². The van der Waals surface area contributed by atoms with Gasteiger partial charge in [-0.3, -0.25) is 4.79 Å². The number of carboxylic acid groups (broad SMARTS) is 1. The number of carbonyl (C=O) groups excluding carboxylic acids is 1. The second kappa shape index (κ2) is 16.2. The van der Waals surface area contributed by atoms with Gasteiger partial charge in [0.15, 0.2) is 0 Å². The minimum Gasteiger partial charge on any atom is -0.489 e. The first-order valence-corrected chi connectivity index (χ1v) is 17.0. The molecule has 3 aromatic carbocycles. The van der Waals surface area contributed by atoms with Gasteiger partial charge in [-0.15, -0.1) is 0 Å². The molecule has 0 bridgehead atoms. The van der Waals surface area contributed by atoms with E-state index in [1.165, 1.54) is 0 Å². The van der Waals surface area contributed by atoms with Crippen LogP contribution < -0.4 is 10.1 Å². The summed E-state index contributed by atoms with van der Waals surface area (Å²) < 4.78 is 8.05. The summed E-state index contributed by atoms with van der Waals surface area (Å²) in [4.78, 5) is 29.9. The fourth-order valence-electron chi connectivity index (χ4n) is 6.10. The lowest BCUT2D eigenvalue weighted by molar-refractivity contribution is -0.127. The van der Waals surface area contributed by atoms with E-state index in [1.54, 1.807) is 36.4 Å². The Kier molecular flexibility index (Phi) is 11.8. The molecule has 7 nitrogen and oxygen atoms in total. The Bertz CT molecular complexity index is 1690. The first kappa shape index (κ1) is 34.3. The van der Waals surface area contributed by atoms with Crippen molar-refractivity contribution in [1.82, 2.24) is 14.9 Å². The second-order valence-corrected chi connectivity index (χ2v) is 13.0. The number of halogens is 2. The van der Waals surface area contributed by atoms with Crippen molar-refractivity contribution in [3.05, 3.63) is 118 Å². The van der Waals surface area contributed by atoms with E-state index < -0.39 is 5.97 Å². The molecule has 2 N–H and O–H groups in total. The van der Waals surface area contributed by atoms with E-state index >= 15 is 0 Å². The quantitative estimate of drug-likeness (QED) is 0.138. The molecule has 1 aliphatic carbocycles. The molecule has 1 fully saturated rings. The SMILES string of the molecule is C/C=C\Cn1cc(-c2ccc(Cl)cc2Cl)nc1[C@H](Cc1ccc(OCc2ccc(C(=O)O)cc2)cc1)NC(=O)C1CCC(CC)CC1. The number of ether oxygens (including phenoxy) is 1. The first-order valence-electron chi connectivity index (χ1n) is 16.2. The molecule has 9 heteroatoms. The van der Waals surface area contributed by atoms with Gasteiger partial charge in [-0.1, -0.05) is 73.0 Å². The Morgan fingerprint density at radius 1 is 1.02 bits per heavy atom. The molecule has 47 heavy (non-hydrogen) atoms. The number of nitrogens with one attached hydrogen (secondary N) is 1. The highest BCUT2D eigenvalue weighted by Gasteiger charge is 2.29. The Balaban J connectivity index is 1.39. The number of hydrogen-bond acceptors (Lipinski definition) is 4. The smallest absolute Gasteiger partial charge is 0.335 e. The van der Waals surface area contributed by atoms with Crippen molar-refractivity contribution in [2.24, 2.45) is 11.8 Å². The Hall–Kier alpha value is -4.07. The molecule has 1 aromatic heterocycles. The Morgan fingerprint density at radius 3 is 2.36 bits per heavy atom. The zero-order valence-corrected chi connectivity index (χ0v) is 28.3. The molecule has 0 unspecified atom stereocenters. The number of amides is 1. The summed E-state index contributed by atoms with van der Waals surface area (Å²) >= 11 is 12.8. The predicted octanol–water partition coefficient (Wildman–Crippen LogP) is 9.33. The molecular weight excluding hydrogens is 633 g/mol. The standard InChI is InChI=1S/C38H41Cl2N3O4/c1-3-5-20-43-23-35(32-19-16-30(39)22-33(32)40)41-36(43)34(42-37(44)28-12-6-25(4-2)7-13-28)21-26-10-17-31(18-11-26)47-24-27-8-14-29(15-9-27)38(45)46/h3,5,8-11,14-19,22-23,25,28,34H,4,6-7,12-13,20-21,24H2,1-2H3,(H,42,44)(H,45,46)/b5-3-/t25?,28?,34-/m0/s1. The largest absolute Gasteiger partial charge is 0.489 e. The Morgan fingerprint density at radius 2 is 1.72 bits per heavy atom. The van der Waals surface area contributed by atoms with Crippen LogP contribution in [-0.4, -0.2) is 26.5 Å². The molecule has 4 aromatic rings. The van der Waals surface area contributed by atoms with Crippen LogP contribution in [0.25, 0.3) is 11.3 Å². The third-order valence-corrected chi connectivity index (χ3v) is 9.49. The highest BCUT2D eigenvalue weighted by atomic mass is 35.5. The van der Waals surface area contributed by atoms with Gasteiger partial charge in [-0.2, -0.15) is 0 Å². The van der Waals surface area contributed by atoms with Crippen molar-refractivity contribution >= 4 is 35.1 Å². The van der Waals surface area contributed by atoms with Crippen LogP contribution in [0.5, 0.6) is 5.75 Å². The minimum atomic E-state index is -0.958. The van der Waals surface area contributed by atoms with Gasteiger partial charge in [0, 0.05) is 29.2 Å². The van der Waals surface area contributed by atoms with E-state index in [1.807, 2.05) is 49.5 Å². The number of hydrogen-bond donors (Lipinski definition) is 2. The summed E-state index contributed by atoms with van der Waals surface area (Å²) in [6.07, 6.45) is 11.7. The lowest BCUT2D eigenvalue weighted by Crippen LogP contribution is -2.37. The van der Waals surface area contributed by atoms with Crippen molar-refractivity contribution in [3.63, 3.8) is 0 Å². The fraction of sp³-hybridized carbons (Fsp3) is 0.342. The van der Waals surface area contributed by atoms with Crippen LogP contribution in [0.1, 0.15) is 79.3 Å². The molecule has 0 aliphatic heterocycles. The minimum absolute atomic E-state index is 0.00947. The third kappa shape index (κ3) is 9.05. The number of nitrogens with zero attached hydrogens (tertiary/aromatic N) is 2. The molecule has 0 spiro atoms. The lowest BCUT2D eigenvalue weighted by atomic mass is 9.80. The maximum Gasteiger partial charge on any atom is 0.335 e. The maximum atomic E-state index is 13.7. The van der Waals surface area contributed by atoms with Gasteiger partial charge in [0.25, 0.3) is 0 Å². The van der Waals surface area contributed by atoms with Crippen molar-refractivity contribution in [2.45, 2.75) is 71.6 Å². The third-order valence-electron chi connectivity index (χ3n) is 8.94. The summed E-state index contributed by atoms with van der Waals surface area (Å²) in [7, 11) is 0. The highest BCUT2D eigenvalue weighted by molar-refractivity contribution is 6.36. The van der Waals surface area contributed by atoms with E-state index in [9.17, 15) is 9.59 Å². The summed E-state index contributed by atoms with van der Waals surface area (Å²) in [5, 5.41) is 13.6. The molecular formula is C38H41Cl2N3O4. The second-order valence-electron chi connectivity index (χ2n) is 12.2. The van der Waals surface area contributed by atoms with Gasteiger partial charge in [-0.25, -0.2) is 9.78 Å². The zero-order valence-electron chi connectivity index (χ0n) is 26.8. The summed E-state index contributed by atoms with van der Waals surface area (Å²) in [5.41, 5.74) is 3.63. The average Bonchev–Trinajstić information content (AvgIpc) is 3.50. The molecule has 0 radical (unpaired) electrons. The zero-order chi connectivity index (χ0) is 33.3. The fourth-order valence-corrected chi connectivity index (χ4v) is 6.60. The number of allylic oxidation sites excluding steroid dienone is 2. The van der Waals surface area contributed by atoms with Gasteiger partial charge in [0.05, 0.1) is 22.3 Å². The predicted molar refractivity (Wildman–Crippen MR) is 187 cm³/mol. The maximum absolute atomic E-state index is 13.7. The summed E-state index contributed by atoms with van der Waals surface area (Å²) in [6, 6.07) is 19.5.